The first kappa shape index (κ1) is 12.3. The van der Waals surface area contributed by atoms with Crippen LogP contribution in [0.2, 0.25) is 0 Å². The van der Waals surface area contributed by atoms with E-state index in [4.69, 9.17) is 4.52 Å². The largest absolute Gasteiger partial charge is 0.344 e. The van der Waals surface area contributed by atoms with Gasteiger partial charge in [0.15, 0.2) is 5.78 Å². The van der Waals surface area contributed by atoms with Crippen LogP contribution in [0.4, 0.5) is 5.95 Å². The van der Waals surface area contributed by atoms with Gasteiger partial charge in [0.25, 0.3) is 5.95 Å². The van der Waals surface area contributed by atoms with Crippen LogP contribution in [0.25, 0.3) is 0 Å². The molecule has 0 saturated heterocycles. The number of rotatable bonds is 4. The minimum absolute atomic E-state index is 0.0236. The maximum Gasteiger partial charge on any atom is 0.265 e. The first-order valence-electron chi connectivity index (χ1n) is 5.70. The third kappa shape index (κ3) is 2.40. The average Bonchev–Trinajstić information content (AvgIpc) is 2.88. The molecule has 0 fully saturated rings. The van der Waals surface area contributed by atoms with Crippen LogP contribution < -0.4 is 4.90 Å². The van der Waals surface area contributed by atoms with E-state index >= 15 is 0 Å². The fraction of sp³-hybridized carbons (Fsp3) is 0.308. The fourth-order valence-corrected chi connectivity index (χ4v) is 1.55. The van der Waals surface area contributed by atoms with Gasteiger partial charge in [0.1, 0.15) is 0 Å². The van der Waals surface area contributed by atoms with Gasteiger partial charge in [0, 0.05) is 19.7 Å². The Bertz CT molecular complexity index is 534. The Labute approximate surface area is 105 Å². The zero-order valence-electron chi connectivity index (χ0n) is 10.6. The normalized spacial score (nSPS) is 12.2. The van der Waals surface area contributed by atoms with Crippen molar-refractivity contribution in [2.45, 2.75) is 12.8 Å². The molecule has 2 rings (SSSR count). The third-order valence-electron chi connectivity index (χ3n) is 2.65. The Morgan fingerprint density at radius 2 is 1.94 bits per heavy atom. The van der Waals surface area contributed by atoms with Crippen molar-refractivity contribution in [1.82, 2.24) is 10.1 Å². The summed E-state index contributed by atoms with van der Waals surface area (Å²) in [6.07, 6.45) is 0. The van der Waals surface area contributed by atoms with Crippen LogP contribution in [0.15, 0.2) is 34.9 Å². The number of hydrogen-bond donors (Lipinski definition) is 0. The Kier molecular flexibility index (Phi) is 3.41. The smallest absolute Gasteiger partial charge is 0.265 e. The molecule has 1 unspecified atom stereocenters. The lowest BCUT2D eigenvalue weighted by atomic mass is 9.99. The number of carbonyl (C=O) groups excluding carboxylic acids is 1. The molecular formula is C13H15N3O2. The lowest BCUT2D eigenvalue weighted by Crippen LogP contribution is -2.12. The Morgan fingerprint density at radius 3 is 2.50 bits per heavy atom. The monoisotopic (exact) mass is 245 g/mol. The molecule has 0 radical (unpaired) electrons. The van der Waals surface area contributed by atoms with Gasteiger partial charge in [0.2, 0.25) is 5.89 Å². The number of anilines is 1. The van der Waals surface area contributed by atoms with Crippen molar-refractivity contribution in [1.29, 1.82) is 0 Å². The summed E-state index contributed by atoms with van der Waals surface area (Å²) in [6, 6.07) is 9.10. The summed E-state index contributed by atoms with van der Waals surface area (Å²) in [7, 11) is 3.64. The molecule has 0 aliphatic rings. The van der Waals surface area contributed by atoms with E-state index in [0.29, 0.717) is 17.4 Å². The predicted octanol–water partition coefficient (Wildman–Crippen LogP) is 2.12. The number of nitrogens with zero attached hydrogens (tertiary/aromatic N) is 3. The predicted molar refractivity (Wildman–Crippen MR) is 67.8 cm³/mol. The maximum absolute atomic E-state index is 12.2. The molecule has 0 N–H and O–H groups in total. The molecule has 0 bridgehead atoms. The van der Waals surface area contributed by atoms with Gasteiger partial charge in [-0.3, -0.25) is 4.79 Å². The molecule has 1 atom stereocenters. The molecular weight excluding hydrogens is 230 g/mol. The van der Waals surface area contributed by atoms with E-state index in [9.17, 15) is 4.79 Å². The summed E-state index contributed by atoms with van der Waals surface area (Å²) in [5.74, 6) is 0.350. The van der Waals surface area contributed by atoms with Crippen LogP contribution >= 0.6 is 0 Å². The molecule has 0 saturated carbocycles. The highest BCUT2D eigenvalue weighted by molar-refractivity contribution is 6.00. The van der Waals surface area contributed by atoms with E-state index < -0.39 is 5.92 Å². The van der Waals surface area contributed by atoms with Crippen molar-refractivity contribution in [3.8, 4) is 0 Å². The molecule has 0 aliphatic carbocycles. The summed E-state index contributed by atoms with van der Waals surface area (Å²) in [6.45, 7) is 1.77. The number of hydrogen-bond acceptors (Lipinski definition) is 5. The lowest BCUT2D eigenvalue weighted by molar-refractivity contribution is 0.0951. The summed E-state index contributed by atoms with van der Waals surface area (Å²) in [5.41, 5.74) is 0.648. The highest BCUT2D eigenvalue weighted by atomic mass is 16.5. The molecule has 1 aromatic heterocycles. The number of benzene rings is 1. The molecule has 5 nitrogen and oxygen atoms in total. The van der Waals surface area contributed by atoms with Crippen LogP contribution in [-0.4, -0.2) is 30.0 Å². The van der Waals surface area contributed by atoms with Crippen LogP contribution in [0.5, 0.6) is 0 Å². The highest BCUT2D eigenvalue weighted by Crippen LogP contribution is 2.20. The van der Waals surface area contributed by atoms with E-state index in [0.717, 1.165) is 0 Å². The van der Waals surface area contributed by atoms with Crippen LogP contribution in [0.3, 0.4) is 0 Å². The van der Waals surface area contributed by atoms with E-state index in [2.05, 4.69) is 10.1 Å². The zero-order valence-corrected chi connectivity index (χ0v) is 10.6. The van der Waals surface area contributed by atoms with Gasteiger partial charge >= 0.3 is 0 Å². The van der Waals surface area contributed by atoms with Crippen LogP contribution in [0, 0.1) is 0 Å². The number of ketones is 1. The summed E-state index contributed by atoms with van der Waals surface area (Å²) < 4.78 is 5.11. The molecule has 0 aliphatic heterocycles. The van der Waals surface area contributed by atoms with Gasteiger partial charge in [-0.2, -0.15) is 4.98 Å². The highest BCUT2D eigenvalue weighted by Gasteiger charge is 2.23. The summed E-state index contributed by atoms with van der Waals surface area (Å²) in [5, 5.41) is 3.80. The maximum atomic E-state index is 12.2. The van der Waals surface area contributed by atoms with Crippen LogP contribution in [0.1, 0.15) is 29.1 Å². The van der Waals surface area contributed by atoms with E-state index in [1.807, 2.05) is 32.3 Å². The quantitative estimate of drug-likeness (QED) is 0.772. The lowest BCUT2D eigenvalue weighted by Gasteiger charge is -2.05. The number of Topliss-reactive ketones (excluding diaryl/α,β-unsaturated/α-hetero) is 1. The summed E-state index contributed by atoms with van der Waals surface area (Å²) in [4.78, 5) is 18.1. The summed E-state index contributed by atoms with van der Waals surface area (Å²) >= 11 is 0. The minimum atomic E-state index is -0.436. The molecule has 2 aromatic rings. The van der Waals surface area contributed by atoms with Crippen molar-refractivity contribution in [3.05, 3.63) is 41.8 Å². The van der Waals surface area contributed by atoms with Gasteiger partial charge in [0.05, 0.1) is 5.92 Å². The Hall–Kier alpha value is -2.17. The van der Waals surface area contributed by atoms with Gasteiger partial charge in [-0.25, -0.2) is 0 Å². The van der Waals surface area contributed by atoms with Crippen LogP contribution in [-0.2, 0) is 0 Å². The first-order chi connectivity index (χ1) is 8.59. The Balaban J connectivity index is 2.20. The van der Waals surface area contributed by atoms with Crippen molar-refractivity contribution in [2.75, 3.05) is 19.0 Å². The molecule has 0 spiro atoms. The van der Waals surface area contributed by atoms with Gasteiger partial charge < -0.3 is 9.42 Å². The van der Waals surface area contributed by atoms with Gasteiger partial charge in [-0.05, 0) is 12.1 Å². The molecule has 94 valence electrons. The molecule has 0 amide bonds. The number of carbonyl (C=O) groups is 1. The van der Waals surface area contributed by atoms with E-state index in [1.54, 1.807) is 24.0 Å². The number of aromatic nitrogens is 2. The molecule has 18 heavy (non-hydrogen) atoms. The average molecular weight is 245 g/mol. The first-order valence-corrected chi connectivity index (χ1v) is 5.70. The Morgan fingerprint density at radius 1 is 1.28 bits per heavy atom. The van der Waals surface area contributed by atoms with Gasteiger partial charge in [-0.15, -0.1) is 0 Å². The standard InChI is InChI=1S/C13H15N3O2/c1-9(11(17)10-7-5-4-6-8-10)12-14-13(15-18-12)16(2)3/h4-9H,1-3H3. The van der Waals surface area contributed by atoms with E-state index in [-0.39, 0.29) is 5.78 Å². The van der Waals surface area contributed by atoms with Crippen molar-refractivity contribution in [2.24, 2.45) is 0 Å². The SMILES string of the molecule is CC(C(=O)c1ccccc1)c1nc(N(C)C)no1. The van der Waals surface area contributed by atoms with Crippen molar-refractivity contribution >= 4 is 11.7 Å². The fourth-order valence-electron chi connectivity index (χ4n) is 1.55. The second-order valence-electron chi connectivity index (χ2n) is 4.28. The topological polar surface area (TPSA) is 59.2 Å². The zero-order chi connectivity index (χ0) is 13.1. The molecule has 1 heterocycles. The molecule has 5 heteroatoms. The second-order valence-corrected chi connectivity index (χ2v) is 4.28. The van der Waals surface area contributed by atoms with Crippen molar-refractivity contribution in [3.63, 3.8) is 0 Å². The third-order valence-corrected chi connectivity index (χ3v) is 2.65. The van der Waals surface area contributed by atoms with Gasteiger partial charge in [-0.1, -0.05) is 30.3 Å². The molecule has 1 aromatic carbocycles. The second kappa shape index (κ2) is 5.00. The minimum Gasteiger partial charge on any atom is -0.344 e. The van der Waals surface area contributed by atoms with Crippen molar-refractivity contribution < 1.29 is 9.32 Å². The van der Waals surface area contributed by atoms with E-state index in [1.165, 1.54) is 0 Å².